The Morgan fingerprint density at radius 3 is 2.76 bits per heavy atom. The van der Waals surface area contributed by atoms with Crippen molar-refractivity contribution >= 4 is 33.2 Å². The zero-order chi connectivity index (χ0) is 14.8. The highest BCUT2D eigenvalue weighted by atomic mass is 79.9. The van der Waals surface area contributed by atoms with E-state index >= 15 is 0 Å². The molecule has 3 rings (SSSR count). The van der Waals surface area contributed by atoms with Crippen molar-refractivity contribution in [2.24, 2.45) is 0 Å². The molecule has 1 aromatic heterocycles. The second-order valence-electron chi connectivity index (χ2n) is 5.24. The molecule has 110 valence electrons. The monoisotopic (exact) mass is 365 g/mol. The molecule has 1 aromatic carbocycles. The normalized spacial score (nSPS) is 19.0. The molecule has 1 unspecified atom stereocenters. The average molecular weight is 366 g/mol. The van der Waals surface area contributed by atoms with E-state index in [1.165, 1.54) is 15.3 Å². The van der Waals surface area contributed by atoms with Gasteiger partial charge in [-0.25, -0.2) is 0 Å². The molecule has 5 heteroatoms. The summed E-state index contributed by atoms with van der Waals surface area (Å²) in [4.78, 5) is 15.7. The van der Waals surface area contributed by atoms with Gasteiger partial charge in [-0.15, -0.1) is 11.3 Å². The molecule has 1 atom stereocenters. The molecule has 1 saturated heterocycles. The fourth-order valence-corrected chi connectivity index (χ4v) is 4.03. The Labute approximate surface area is 136 Å². The highest BCUT2D eigenvalue weighted by molar-refractivity contribution is 9.10. The van der Waals surface area contributed by atoms with Gasteiger partial charge in [0.25, 0.3) is 0 Å². The van der Waals surface area contributed by atoms with Crippen LogP contribution in [0.2, 0.25) is 0 Å². The highest BCUT2D eigenvalue weighted by Crippen LogP contribution is 2.31. The molecule has 1 fully saturated rings. The molecular weight excluding hydrogens is 350 g/mol. The van der Waals surface area contributed by atoms with E-state index in [0.29, 0.717) is 0 Å². The lowest BCUT2D eigenvalue weighted by Crippen LogP contribution is -2.35. The lowest BCUT2D eigenvalue weighted by atomic mass is 10.2. The van der Waals surface area contributed by atoms with E-state index in [-0.39, 0.29) is 6.04 Å². The number of aliphatic carboxylic acids is 1. The van der Waals surface area contributed by atoms with Gasteiger partial charge >= 0.3 is 5.97 Å². The molecule has 0 amide bonds. The van der Waals surface area contributed by atoms with E-state index in [1.807, 2.05) is 12.1 Å². The van der Waals surface area contributed by atoms with E-state index in [4.69, 9.17) is 0 Å². The molecule has 1 N–H and O–H groups in total. The minimum absolute atomic E-state index is 0.316. The maximum atomic E-state index is 11.2. The summed E-state index contributed by atoms with van der Waals surface area (Å²) in [6, 6.07) is 12.2. The summed E-state index contributed by atoms with van der Waals surface area (Å²) in [7, 11) is 0. The number of carboxylic acid groups (broad SMARTS) is 1. The van der Waals surface area contributed by atoms with Gasteiger partial charge in [-0.1, -0.05) is 28.1 Å². The summed E-state index contributed by atoms with van der Waals surface area (Å²) in [5.41, 5.74) is 1.20. The number of hydrogen-bond acceptors (Lipinski definition) is 3. The fourth-order valence-electron chi connectivity index (χ4n) is 2.73. The van der Waals surface area contributed by atoms with Gasteiger partial charge in [0.1, 0.15) is 6.04 Å². The van der Waals surface area contributed by atoms with E-state index in [1.54, 1.807) is 11.3 Å². The minimum Gasteiger partial charge on any atom is -0.480 e. The third-order valence-electron chi connectivity index (χ3n) is 3.80. The number of nitrogens with zero attached hydrogens (tertiary/aromatic N) is 1. The first-order chi connectivity index (χ1) is 10.1. The van der Waals surface area contributed by atoms with Crippen LogP contribution in [0.5, 0.6) is 0 Å². The Bertz CT molecular complexity index is 638. The molecule has 1 aliphatic heterocycles. The van der Waals surface area contributed by atoms with E-state index in [9.17, 15) is 9.90 Å². The number of benzene rings is 1. The maximum absolute atomic E-state index is 11.2. The predicted octanol–water partition coefficient (Wildman–Crippen LogP) is 4.23. The van der Waals surface area contributed by atoms with E-state index in [2.05, 4.69) is 45.1 Å². The lowest BCUT2D eigenvalue weighted by Gasteiger charge is -2.19. The van der Waals surface area contributed by atoms with Gasteiger partial charge in [-0.3, -0.25) is 9.69 Å². The first-order valence-corrected chi connectivity index (χ1v) is 8.56. The zero-order valence-electron chi connectivity index (χ0n) is 11.5. The van der Waals surface area contributed by atoms with E-state index < -0.39 is 5.97 Å². The molecule has 21 heavy (non-hydrogen) atoms. The Morgan fingerprint density at radius 1 is 1.29 bits per heavy atom. The van der Waals surface area contributed by atoms with Crippen molar-refractivity contribution in [2.75, 3.05) is 6.54 Å². The van der Waals surface area contributed by atoms with Crippen LogP contribution in [-0.2, 0) is 11.3 Å². The third kappa shape index (κ3) is 3.36. The van der Waals surface area contributed by atoms with Crippen LogP contribution < -0.4 is 0 Å². The van der Waals surface area contributed by atoms with Gasteiger partial charge in [0.2, 0.25) is 0 Å². The number of thiophene rings is 1. The van der Waals surface area contributed by atoms with Crippen LogP contribution in [-0.4, -0.2) is 28.6 Å². The van der Waals surface area contributed by atoms with Crippen LogP contribution >= 0.6 is 27.3 Å². The summed E-state index contributed by atoms with van der Waals surface area (Å²) in [5, 5.41) is 9.23. The third-order valence-corrected chi connectivity index (χ3v) is 5.45. The highest BCUT2D eigenvalue weighted by Gasteiger charge is 2.30. The van der Waals surface area contributed by atoms with Crippen LogP contribution in [0, 0.1) is 0 Å². The summed E-state index contributed by atoms with van der Waals surface area (Å²) < 4.78 is 1.07. The molecule has 1 aliphatic rings. The van der Waals surface area contributed by atoms with Crippen molar-refractivity contribution in [3.8, 4) is 10.4 Å². The van der Waals surface area contributed by atoms with Crippen LogP contribution in [0.4, 0.5) is 0 Å². The van der Waals surface area contributed by atoms with Gasteiger partial charge in [0, 0.05) is 20.8 Å². The van der Waals surface area contributed by atoms with Crippen molar-refractivity contribution in [3.63, 3.8) is 0 Å². The Balaban J connectivity index is 1.73. The summed E-state index contributed by atoms with van der Waals surface area (Å²) >= 11 is 5.19. The summed E-state index contributed by atoms with van der Waals surface area (Å²) in [5.74, 6) is -0.697. The molecule has 0 spiro atoms. The number of halogens is 1. The number of hydrogen-bond donors (Lipinski definition) is 1. The second-order valence-corrected chi connectivity index (χ2v) is 7.32. The smallest absolute Gasteiger partial charge is 0.320 e. The van der Waals surface area contributed by atoms with Crippen molar-refractivity contribution in [3.05, 3.63) is 45.7 Å². The number of carbonyl (C=O) groups is 1. The first kappa shape index (κ1) is 14.8. The van der Waals surface area contributed by atoms with Gasteiger partial charge in [-0.2, -0.15) is 0 Å². The molecule has 3 nitrogen and oxygen atoms in total. The van der Waals surface area contributed by atoms with Gasteiger partial charge in [0.15, 0.2) is 0 Å². The van der Waals surface area contributed by atoms with Crippen molar-refractivity contribution in [2.45, 2.75) is 25.4 Å². The van der Waals surface area contributed by atoms with Crippen LogP contribution in [0.25, 0.3) is 10.4 Å². The van der Waals surface area contributed by atoms with Crippen LogP contribution in [0.3, 0.4) is 0 Å². The standard InChI is InChI=1S/C16H16BrNO2S/c17-12-5-3-11(4-6-12)15-8-7-13(21-15)10-18-9-1-2-14(18)16(19)20/h3-8,14H,1-2,9-10H2,(H,19,20). The number of rotatable bonds is 4. The maximum Gasteiger partial charge on any atom is 0.320 e. The van der Waals surface area contributed by atoms with Crippen molar-refractivity contribution < 1.29 is 9.90 Å². The average Bonchev–Trinajstić information content (AvgIpc) is 3.09. The largest absolute Gasteiger partial charge is 0.480 e. The minimum atomic E-state index is -0.697. The Morgan fingerprint density at radius 2 is 2.05 bits per heavy atom. The topological polar surface area (TPSA) is 40.5 Å². The molecule has 0 aliphatic carbocycles. The number of likely N-dealkylation sites (tertiary alicyclic amines) is 1. The molecular formula is C16H16BrNO2S. The van der Waals surface area contributed by atoms with Gasteiger partial charge < -0.3 is 5.11 Å². The Kier molecular flexibility index (Phi) is 4.42. The molecule has 0 bridgehead atoms. The zero-order valence-corrected chi connectivity index (χ0v) is 13.9. The Hall–Kier alpha value is -1.17. The number of carboxylic acids is 1. The molecule has 2 aromatic rings. The molecule has 2 heterocycles. The lowest BCUT2D eigenvalue weighted by molar-refractivity contribution is -0.142. The quantitative estimate of drug-likeness (QED) is 0.881. The van der Waals surface area contributed by atoms with Crippen LogP contribution in [0.15, 0.2) is 40.9 Å². The first-order valence-electron chi connectivity index (χ1n) is 6.95. The van der Waals surface area contributed by atoms with Crippen molar-refractivity contribution in [1.29, 1.82) is 0 Å². The second kappa shape index (κ2) is 6.30. The fraction of sp³-hybridized carbons (Fsp3) is 0.312. The van der Waals surface area contributed by atoms with Gasteiger partial charge in [-0.05, 0) is 49.2 Å². The van der Waals surface area contributed by atoms with E-state index in [0.717, 1.165) is 30.4 Å². The predicted molar refractivity (Wildman–Crippen MR) is 88.5 cm³/mol. The molecule has 0 radical (unpaired) electrons. The van der Waals surface area contributed by atoms with Gasteiger partial charge in [0.05, 0.1) is 0 Å². The summed E-state index contributed by atoms with van der Waals surface area (Å²) in [6.07, 6.45) is 1.74. The SMILES string of the molecule is O=C(O)C1CCCN1Cc1ccc(-c2ccc(Br)cc2)s1. The molecule has 0 saturated carbocycles. The van der Waals surface area contributed by atoms with Crippen LogP contribution in [0.1, 0.15) is 17.7 Å². The van der Waals surface area contributed by atoms with Crippen molar-refractivity contribution in [1.82, 2.24) is 4.90 Å². The summed E-state index contributed by atoms with van der Waals surface area (Å²) in [6.45, 7) is 1.61.